The molecule has 0 unspecified atom stereocenters. The van der Waals surface area contributed by atoms with Gasteiger partial charge >= 0.3 is 0 Å². The Hall–Kier alpha value is 0. The molecule has 0 saturated carbocycles. The lowest BCUT2D eigenvalue weighted by Crippen LogP contribution is -1.93. The van der Waals surface area contributed by atoms with Gasteiger partial charge in [0.25, 0.3) is 0 Å². The molecule has 0 aromatic heterocycles. The van der Waals surface area contributed by atoms with Crippen molar-refractivity contribution in [2.75, 3.05) is 0 Å². The van der Waals surface area contributed by atoms with Crippen LogP contribution in [-0.4, -0.2) is 0 Å². The average molecular weight is 105 g/mol. The van der Waals surface area contributed by atoms with Crippen molar-refractivity contribution in [1.29, 1.82) is 0 Å². The van der Waals surface area contributed by atoms with E-state index in [0.717, 1.165) is 0 Å². The Morgan fingerprint density at radius 1 is 0.857 bits per heavy atom. The largest absolute Gasteiger partial charge is 0.0683 e. The summed E-state index contributed by atoms with van der Waals surface area (Å²) in [5.41, 5.74) is 0.500. The molecule has 7 heavy (non-hydrogen) atoms. The van der Waals surface area contributed by atoms with Crippen molar-refractivity contribution in [1.82, 2.24) is 0 Å². The van der Waals surface area contributed by atoms with Crippen molar-refractivity contribution < 1.29 is 1.43 Å². The van der Waals surface area contributed by atoms with E-state index in [1.165, 1.54) is 0 Å². The van der Waals surface area contributed by atoms with Gasteiger partial charge in [-0.1, -0.05) is 41.5 Å². The minimum absolute atomic E-state index is 0. The SMILES string of the molecule is CC.CC(C)(C)C.[2HH]. The lowest BCUT2D eigenvalue weighted by Gasteiger charge is -2.05. The minimum Gasteiger partial charge on any atom is -0.0683 e. The van der Waals surface area contributed by atoms with Gasteiger partial charge in [0.2, 0.25) is 0 Å². The highest BCUT2D eigenvalue weighted by atomic mass is 14.0. The molecule has 0 radical (unpaired) electrons. The molecule has 0 heterocycles. The summed E-state index contributed by atoms with van der Waals surface area (Å²) in [6, 6.07) is 0. The van der Waals surface area contributed by atoms with Crippen LogP contribution in [0.2, 0.25) is 0 Å². The van der Waals surface area contributed by atoms with E-state index in [1.54, 1.807) is 0 Å². The summed E-state index contributed by atoms with van der Waals surface area (Å²) in [7, 11) is 0. The monoisotopic (exact) mass is 105 g/mol. The van der Waals surface area contributed by atoms with E-state index in [9.17, 15) is 0 Å². The maximum atomic E-state index is 2.19. The van der Waals surface area contributed by atoms with Gasteiger partial charge in [-0.3, -0.25) is 0 Å². The van der Waals surface area contributed by atoms with Crippen LogP contribution >= 0.6 is 0 Å². The van der Waals surface area contributed by atoms with Crippen LogP contribution in [0, 0.1) is 5.41 Å². The Kier molecular flexibility index (Phi) is 6.00. The molecule has 0 aromatic rings. The second-order valence-corrected chi connectivity index (χ2v) is 3.00. The van der Waals surface area contributed by atoms with Gasteiger partial charge in [-0.25, -0.2) is 0 Å². The van der Waals surface area contributed by atoms with Crippen LogP contribution in [-0.2, 0) is 0 Å². The minimum atomic E-state index is 0. The van der Waals surface area contributed by atoms with E-state index >= 15 is 0 Å². The quantitative estimate of drug-likeness (QED) is 0.443. The van der Waals surface area contributed by atoms with Crippen molar-refractivity contribution in [3.05, 3.63) is 0 Å². The number of hydrogen-bond donors (Lipinski definition) is 0. The summed E-state index contributed by atoms with van der Waals surface area (Å²) in [4.78, 5) is 0. The predicted molar refractivity (Wildman–Crippen MR) is 38.6 cm³/mol. The second-order valence-electron chi connectivity index (χ2n) is 3.00. The predicted octanol–water partition coefficient (Wildman–Crippen LogP) is 3.32. The normalized spacial score (nSPS) is 9.43. The maximum Gasteiger partial charge on any atom is 0 e. The van der Waals surface area contributed by atoms with Gasteiger partial charge in [-0.05, 0) is 5.41 Å². The Labute approximate surface area is 49.4 Å². The first-order valence-electron chi connectivity index (χ1n) is 3.00. The van der Waals surface area contributed by atoms with Crippen LogP contribution in [0.3, 0.4) is 0 Å². The third-order valence-electron chi connectivity index (χ3n) is 0. The van der Waals surface area contributed by atoms with E-state index in [-0.39, 0.29) is 1.43 Å². The zero-order valence-electron chi connectivity index (χ0n) is 6.50. The van der Waals surface area contributed by atoms with Crippen LogP contribution < -0.4 is 0 Å². The van der Waals surface area contributed by atoms with E-state index in [4.69, 9.17) is 0 Å². The van der Waals surface area contributed by atoms with Gasteiger partial charge in [0.1, 0.15) is 0 Å². The van der Waals surface area contributed by atoms with Crippen LogP contribution in [0.5, 0.6) is 0 Å². The van der Waals surface area contributed by atoms with Gasteiger partial charge in [0, 0.05) is 1.43 Å². The lowest BCUT2D eigenvalue weighted by atomic mass is 10.0. The average Bonchev–Trinajstić information content (AvgIpc) is 1.36. The van der Waals surface area contributed by atoms with Crippen molar-refractivity contribution in [3.8, 4) is 0 Å². The summed E-state index contributed by atoms with van der Waals surface area (Å²) in [5, 5.41) is 0. The molecule has 0 nitrogen and oxygen atoms in total. The van der Waals surface area contributed by atoms with Crippen LogP contribution in [0.15, 0.2) is 0 Å². The molecule has 0 saturated heterocycles. The standard InChI is InChI=1S/C5H12.C2H6.H2/c1-5(2,3)4;1-2;/h1-4H3;1-2H3;1H/i;;1+1. The fraction of sp³-hybridized carbons (Fsp3) is 1.00. The molecule has 0 amide bonds. The number of rotatable bonds is 0. The Balaban J connectivity index is -0.0000000750. The maximum absolute atomic E-state index is 2.19. The molecular weight excluding hydrogens is 84.1 g/mol. The molecule has 0 aliphatic heterocycles. The highest BCUT2D eigenvalue weighted by molar-refractivity contribution is 4.47. The fourth-order valence-electron chi connectivity index (χ4n) is 0. The molecule has 0 fully saturated rings. The summed E-state index contributed by atoms with van der Waals surface area (Å²) >= 11 is 0. The topological polar surface area (TPSA) is 0 Å². The molecule has 48 valence electrons. The molecule has 0 rings (SSSR count). The van der Waals surface area contributed by atoms with Crippen molar-refractivity contribution in [2.24, 2.45) is 5.41 Å². The highest BCUT2D eigenvalue weighted by Crippen LogP contribution is 2.07. The first kappa shape index (κ1) is 10.1. The van der Waals surface area contributed by atoms with E-state index in [0.29, 0.717) is 5.41 Å². The number of hydrogen-bond acceptors (Lipinski definition) is 0. The first-order valence-corrected chi connectivity index (χ1v) is 3.00. The second kappa shape index (κ2) is 4.17. The van der Waals surface area contributed by atoms with Gasteiger partial charge in [0.05, 0.1) is 0 Å². The zero-order valence-corrected chi connectivity index (χ0v) is 6.50. The van der Waals surface area contributed by atoms with Crippen molar-refractivity contribution in [3.63, 3.8) is 0 Å². The Morgan fingerprint density at radius 3 is 0.857 bits per heavy atom. The molecule has 0 heteroatoms. The van der Waals surface area contributed by atoms with Gasteiger partial charge in [0.15, 0.2) is 0 Å². The van der Waals surface area contributed by atoms with Crippen LogP contribution in [0.1, 0.15) is 43.0 Å². The van der Waals surface area contributed by atoms with Crippen LogP contribution in [0.25, 0.3) is 0 Å². The van der Waals surface area contributed by atoms with Gasteiger partial charge in [-0.2, -0.15) is 0 Å². The molecule has 0 bridgehead atoms. The van der Waals surface area contributed by atoms with E-state index in [2.05, 4.69) is 27.7 Å². The third kappa shape index (κ3) is 0. The summed E-state index contributed by atoms with van der Waals surface area (Å²) in [5.74, 6) is 0. The third-order valence-corrected chi connectivity index (χ3v) is 0. The summed E-state index contributed by atoms with van der Waals surface area (Å²) in [6.07, 6.45) is 0. The van der Waals surface area contributed by atoms with Crippen LogP contribution in [0.4, 0.5) is 0 Å². The molecule has 0 aromatic carbocycles. The van der Waals surface area contributed by atoms with E-state index < -0.39 is 0 Å². The van der Waals surface area contributed by atoms with E-state index in [1.807, 2.05) is 13.8 Å². The zero-order chi connectivity index (χ0) is 6.50. The molecule has 0 aliphatic rings. The molecular formula is C7H20. The Morgan fingerprint density at radius 2 is 0.857 bits per heavy atom. The van der Waals surface area contributed by atoms with Crippen molar-refractivity contribution in [2.45, 2.75) is 41.5 Å². The molecule has 0 aliphatic carbocycles. The first-order chi connectivity index (χ1) is 3.00. The smallest absolute Gasteiger partial charge is 0 e. The molecule has 0 N–H and O–H groups in total. The highest BCUT2D eigenvalue weighted by Gasteiger charge is 1.95. The van der Waals surface area contributed by atoms with Gasteiger partial charge < -0.3 is 0 Å². The van der Waals surface area contributed by atoms with Gasteiger partial charge in [-0.15, -0.1) is 0 Å². The Bertz CT molecular complexity index is 19.9. The lowest BCUT2D eigenvalue weighted by molar-refractivity contribution is 0.469. The fourth-order valence-corrected chi connectivity index (χ4v) is 0. The summed E-state index contributed by atoms with van der Waals surface area (Å²) < 4.78 is 0. The molecule has 0 atom stereocenters. The summed E-state index contributed by atoms with van der Waals surface area (Å²) in [6.45, 7) is 12.8. The van der Waals surface area contributed by atoms with Crippen molar-refractivity contribution >= 4 is 0 Å². The molecule has 0 spiro atoms.